The minimum absolute atomic E-state index is 0.0699. The molecule has 0 spiro atoms. The lowest BCUT2D eigenvalue weighted by Crippen LogP contribution is -2.29. The molecule has 3 aromatic heterocycles. The summed E-state index contributed by atoms with van der Waals surface area (Å²) in [5.41, 5.74) is 2.51. The minimum atomic E-state index is -0.0940. The molecule has 0 fully saturated rings. The minimum Gasteiger partial charge on any atom is -0.341 e. The maximum atomic E-state index is 12.7. The summed E-state index contributed by atoms with van der Waals surface area (Å²) in [4.78, 5) is 33.0. The highest BCUT2D eigenvalue weighted by atomic mass is 35.5. The number of carbonyl (C=O) groups is 1. The fraction of sp³-hybridized carbons (Fsp3) is 0.444. The molecule has 27 heavy (non-hydrogen) atoms. The first kappa shape index (κ1) is 19.6. The number of amides is 1. The third kappa shape index (κ3) is 3.64. The van der Waals surface area contributed by atoms with Crippen molar-refractivity contribution in [3.63, 3.8) is 0 Å². The summed E-state index contributed by atoms with van der Waals surface area (Å²) in [5.74, 6) is -0.0699. The SMILES string of the molecule is Cc1nn(C)c(Cl)c1CN(C)C(=O)CCn1cnc2sc(C)c(C)c2c1=O. The first-order valence-corrected chi connectivity index (χ1v) is 9.77. The second-order valence-electron chi connectivity index (χ2n) is 6.68. The third-order valence-electron chi connectivity index (χ3n) is 4.81. The number of nitrogens with zero attached hydrogens (tertiary/aromatic N) is 5. The molecule has 7 nitrogen and oxygen atoms in total. The lowest BCUT2D eigenvalue weighted by molar-refractivity contribution is -0.130. The Bertz CT molecular complexity index is 1080. The van der Waals surface area contributed by atoms with Gasteiger partial charge in [-0.2, -0.15) is 5.10 Å². The van der Waals surface area contributed by atoms with E-state index in [1.54, 1.807) is 23.7 Å². The Morgan fingerprint density at radius 1 is 1.33 bits per heavy atom. The van der Waals surface area contributed by atoms with Crippen LogP contribution in [0.25, 0.3) is 10.2 Å². The maximum Gasteiger partial charge on any atom is 0.262 e. The molecule has 0 saturated heterocycles. The number of halogens is 1. The molecule has 0 aliphatic carbocycles. The molecule has 3 heterocycles. The van der Waals surface area contributed by atoms with Crippen molar-refractivity contribution in [2.75, 3.05) is 7.05 Å². The summed E-state index contributed by atoms with van der Waals surface area (Å²) >= 11 is 7.76. The number of hydrogen-bond donors (Lipinski definition) is 0. The summed E-state index contributed by atoms with van der Waals surface area (Å²) in [6, 6.07) is 0. The molecule has 0 aliphatic rings. The summed E-state index contributed by atoms with van der Waals surface area (Å²) in [6.45, 7) is 6.45. The zero-order chi connectivity index (χ0) is 19.9. The molecule has 3 rings (SSSR count). The second-order valence-corrected chi connectivity index (χ2v) is 8.25. The van der Waals surface area contributed by atoms with Crippen molar-refractivity contribution in [3.8, 4) is 0 Å². The molecule has 0 N–H and O–H groups in total. The fourth-order valence-corrected chi connectivity index (χ4v) is 4.24. The summed E-state index contributed by atoms with van der Waals surface area (Å²) in [6.07, 6.45) is 1.73. The Morgan fingerprint density at radius 2 is 2.04 bits per heavy atom. The Morgan fingerprint density at radius 3 is 2.67 bits per heavy atom. The van der Waals surface area contributed by atoms with E-state index in [-0.39, 0.29) is 17.9 Å². The van der Waals surface area contributed by atoms with Gasteiger partial charge in [-0.05, 0) is 26.3 Å². The molecule has 0 aromatic carbocycles. The largest absolute Gasteiger partial charge is 0.341 e. The third-order valence-corrected chi connectivity index (χ3v) is 6.40. The standard InChI is InChI=1S/C18H22ClN5O2S/c1-10-12(3)27-17-15(10)18(26)24(9-20-17)7-6-14(25)22(4)8-13-11(2)21-23(5)16(13)19/h9H,6-8H2,1-5H3. The monoisotopic (exact) mass is 407 g/mol. The van der Waals surface area contributed by atoms with E-state index in [0.29, 0.717) is 23.6 Å². The molecule has 144 valence electrons. The van der Waals surface area contributed by atoms with Crippen molar-refractivity contribution in [2.45, 2.75) is 40.3 Å². The number of rotatable bonds is 5. The van der Waals surface area contributed by atoms with E-state index in [2.05, 4.69) is 10.1 Å². The molecule has 3 aromatic rings. The van der Waals surface area contributed by atoms with Gasteiger partial charge in [-0.3, -0.25) is 18.8 Å². The fourth-order valence-electron chi connectivity index (χ4n) is 3.02. The average Bonchev–Trinajstić information content (AvgIpc) is 3.04. The topological polar surface area (TPSA) is 73.0 Å². The van der Waals surface area contributed by atoms with E-state index in [1.807, 2.05) is 20.8 Å². The lowest BCUT2D eigenvalue weighted by atomic mass is 10.2. The number of carbonyl (C=O) groups excluding carboxylic acids is 1. The van der Waals surface area contributed by atoms with Crippen LogP contribution in [0.4, 0.5) is 0 Å². The number of thiophene rings is 1. The molecule has 0 bridgehead atoms. The molecule has 1 amide bonds. The number of hydrogen-bond acceptors (Lipinski definition) is 5. The van der Waals surface area contributed by atoms with Gasteiger partial charge in [0.15, 0.2) is 0 Å². The van der Waals surface area contributed by atoms with Gasteiger partial charge in [-0.15, -0.1) is 11.3 Å². The summed E-state index contributed by atoms with van der Waals surface area (Å²) in [5, 5.41) is 5.44. The van der Waals surface area contributed by atoms with E-state index >= 15 is 0 Å². The van der Waals surface area contributed by atoms with Crippen LogP contribution in [-0.2, 0) is 24.9 Å². The van der Waals surface area contributed by atoms with Crippen LogP contribution in [0.2, 0.25) is 5.15 Å². The highest BCUT2D eigenvalue weighted by Gasteiger charge is 2.17. The van der Waals surface area contributed by atoms with Crippen LogP contribution in [-0.4, -0.2) is 37.2 Å². The normalized spacial score (nSPS) is 11.3. The van der Waals surface area contributed by atoms with Crippen LogP contribution in [0.3, 0.4) is 0 Å². The van der Waals surface area contributed by atoms with E-state index in [4.69, 9.17) is 11.6 Å². The zero-order valence-corrected chi connectivity index (χ0v) is 17.6. The second kappa shape index (κ2) is 7.44. The first-order chi connectivity index (χ1) is 12.7. The highest BCUT2D eigenvalue weighted by molar-refractivity contribution is 7.18. The quantitative estimate of drug-likeness (QED) is 0.651. The van der Waals surface area contributed by atoms with Crippen LogP contribution in [0.5, 0.6) is 0 Å². The average molecular weight is 408 g/mol. The number of aromatic nitrogens is 4. The molecule has 0 atom stereocenters. The molecule has 9 heteroatoms. The van der Waals surface area contributed by atoms with Crippen LogP contribution in [0.1, 0.15) is 28.1 Å². The van der Waals surface area contributed by atoms with Crippen molar-refractivity contribution in [1.82, 2.24) is 24.2 Å². The van der Waals surface area contributed by atoms with Crippen LogP contribution in [0, 0.1) is 20.8 Å². The first-order valence-electron chi connectivity index (χ1n) is 8.57. The van der Waals surface area contributed by atoms with Gasteiger partial charge in [0, 0.05) is 37.5 Å². The van der Waals surface area contributed by atoms with Crippen molar-refractivity contribution in [3.05, 3.63) is 43.5 Å². The van der Waals surface area contributed by atoms with Crippen molar-refractivity contribution in [1.29, 1.82) is 0 Å². The van der Waals surface area contributed by atoms with Gasteiger partial charge in [0.25, 0.3) is 5.56 Å². The van der Waals surface area contributed by atoms with E-state index in [9.17, 15) is 9.59 Å². The lowest BCUT2D eigenvalue weighted by Gasteiger charge is -2.17. The van der Waals surface area contributed by atoms with Gasteiger partial charge < -0.3 is 4.90 Å². The molecule has 0 aliphatic heterocycles. The molecular weight excluding hydrogens is 386 g/mol. The van der Waals surface area contributed by atoms with E-state index in [0.717, 1.165) is 26.5 Å². The molecule has 0 saturated carbocycles. The maximum absolute atomic E-state index is 12.7. The summed E-state index contributed by atoms with van der Waals surface area (Å²) in [7, 11) is 3.49. The predicted molar refractivity (Wildman–Crippen MR) is 107 cm³/mol. The van der Waals surface area contributed by atoms with Gasteiger partial charge >= 0.3 is 0 Å². The number of fused-ring (bicyclic) bond motifs is 1. The van der Waals surface area contributed by atoms with Crippen LogP contribution < -0.4 is 5.56 Å². The Hall–Kier alpha value is -2.19. The van der Waals surface area contributed by atoms with Gasteiger partial charge in [0.05, 0.1) is 24.0 Å². The molecular formula is C18H22ClN5O2S. The molecule has 0 unspecified atom stereocenters. The van der Waals surface area contributed by atoms with Crippen LogP contribution >= 0.6 is 22.9 Å². The Labute approximate surface area is 166 Å². The van der Waals surface area contributed by atoms with Crippen molar-refractivity contribution >= 4 is 39.1 Å². The van der Waals surface area contributed by atoms with Crippen molar-refractivity contribution < 1.29 is 4.79 Å². The van der Waals surface area contributed by atoms with Gasteiger partial charge in [-0.1, -0.05) is 11.6 Å². The van der Waals surface area contributed by atoms with Gasteiger partial charge in [0.2, 0.25) is 5.91 Å². The smallest absolute Gasteiger partial charge is 0.262 e. The van der Waals surface area contributed by atoms with Crippen molar-refractivity contribution in [2.24, 2.45) is 7.05 Å². The zero-order valence-electron chi connectivity index (χ0n) is 16.0. The Balaban J connectivity index is 1.72. The molecule has 0 radical (unpaired) electrons. The van der Waals surface area contributed by atoms with E-state index in [1.165, 1.54) is 22.2 Å². The highest BCUT2D eigenvalue weighted by Crippen LogP contribution is 2.25. The predicted octanol–water partition coefficient (Wildman–Crippen LogP) is 2.82. The van der Waals surface area contributed by atoms with Crippen LogP contribution in [0.15, 0.2) is 11.1 Å². The Kier molecular flexibility index (Phi) is 5.39. The van der Waals surface area contributed by atoms with Gasteiger partial charge in [-0.25, -0.2) is 4.98 Å². The number of aryl methyl sites for hydroxylation is 5. The van der Waals surface area contributed by atoms with Gasteiger partial charge in [0.1, 0.15) is 9.98 Å². The summed E-state index contributed by atoms with van der Waals surface area (Å²) < 4.78 is 3.10. The van der Waals surface area contributed by atoms with E-state index < -0.39 is 0 Å².